The van der Waals surface area contributed by atoms with Crippen LogP contribution in [0, 0.1) is 0 Å². The van der Waals surface area contributed by atoms with Crippen molar-refractivity contribution in [3.8, 4) is 0 Å². The summed E-state index contributed by atoms with van der Waals surface area (Å²) in [5.74, 6) is 0.942. The lowest BCUT2D eigenvalue weighted by molar-refractivity contribution is 0.269. The molecule has 0 N–H and O–H groups in total. The van der Waals surface area contributed by atoms with E-state index < -0.39 is 0 Å². The first-order chi connectivity index (χ1) is 8.84. The molecule has 0 radical (unpaired) electrons. The molecule has 0 amide bonds. The predicted molar refractivity (Wildman–Crippen MR) is 71.7 cm³/mol. The number of hydrogen-bond acceptors (Lipinski definition) is 3. The minimum absolute atomic E-state index is 0.683. The molecule has 0 unspecified atom stereocenters. The van der Waals surface area contributed by atoms with Gasteiger partial charge in [0, 0.05) is 0 Å². The van der Waals surface area contributed by atoms with Gasteiger partial charge in [0.05, 0.1) is 6.54 Å². The van der Waals surface area contributed by atoms with Gasteiger partial charge in [0.1, 0.15) is 5.15 Å². The van der Waals surface area contributed by atoms with Crippen LogP contribution in [-0.4, -0.2) is 32.6 Å². The Bertz CT molecular complexity index is 529. The molecule has 3 heterocycles. The number of pyridine rings is 1. The Morgan fingerprint density at radius 3 is 2.61 bits per heavy atom. The number of aromatic nitrogens is 3. The van der Waals surface area contributed by atoms with E-state index in [1.165, 1.54) is 25.7 Å². The Balaban J connectivity index is 1.85. The van der Waals surface area contributed by atoms with Crippen LogP contribution in [0.3, 0.4) is 0 Å². The van der Waals surface area contributed by atoms with Crippen LogP contribution in [0.25, 0.3) is 5.65 Å². The highest BCUT2D eigenvalue weighted by atomic mass is 35.5. The summed E-state index contributed by atoms with van der Waals surface area (Å²) in [4.78, 5) is 2.45. The number of likely N-dealkylation sites (tertiary alicyclic amines) is 1. The van der Waals surface area contributed by atoms with Crippen molar-refractivity contribution in [2.45, 2.75) is 32.2 Å². The first kappa shape index (κ1) is 11.9. The lowest BCUT2D eigenvalue weighted by atomic mass is 10.2. The minimum atomic E-state index is 0.683. The molecule has 1 aliphatic heterocycles. The molecule has 5 heteroatoms. The number of hydrogen-bond donors (Lipinski definition) is 0. The zero-order valence-corrected chi connectivity index (χ0v) is 11.1. The van der Waals surface area contributed by atoms with Crippen LogP contribution >= 0.6 is 11.6 Å². The molecule has 0 spiro atoms. The fourth-order valence-electron chi connectivity index (χ4n) is 2.56. The lowest BCUT2D eigenvalue weighted by Gasteiger charge is -2.18. The molecule has 0 aliphatic carbocycles. The molecule has 18 heavy (non-hydrogen) atoms. The van der Waals surface area contributed by atoms with Gasteiger partial charge < -0.3 is 0 Å². The van der Waals surface area contributed by atoms with Crippen LogP contribution in [0.2, 0.25) is 5.15 Å². The molecule has 2 aromatic heterocycles. The highest BCUT2D eigenvalue weighted by Crippen LogP contribution is 2.16. The van der Waals surface area contributed by atoms with Gasteiger partial charge in [0.2, 0.25) is 0 Å². The van der Waals surface area contributed by atoms with Crippen LogP contribution in [0.15, 0.2) is 18.2 Å². The average Bonchev–Trinajstić information content (AvgIpc) is 2.60. The summed E-state index contributed by atoms with van der Waals surface area (Å²) >= 11 is 6.22. The van der Waals surface area contributed by atoms with Gasteiger partial charge in [-0.05, 0) is 38.1 Å². The normalized spacial score (nSPS) is 18.1. The fraction of sp³-hybridized carbons (Fsp3) is 0.538. The summed E-state index contributed by atoms with van der Waals surface area (Å²) in [6.45, 7) is 3.14. The van der Waals surface area contributed by atoms with Gasteiger partial charge >= 0.3 is 0 Å². The molecule has 0 saturated carbocycles. The summed E-state index contributed by atoms with van der Waals surface area (Å²) in [5, 5.41) is 9.12. The third kappa shape index (κ3) is 2.35. The van der Waals surface area contributed by atoms with Gasteiger partial charge in [-0.2, -0.15) is 0 Å². The van der Waals surface area contributed by atoms with Gasteiger partial charge in [0.25, 0.3) is 0 Å². The van der Waals surface area contributed by atoms with Crippen molar-refractivity contribution >= 4 is 17.2 Å². The van der Waals surface area contributed by atoms with Crippen molar-refractivity contribution in [1.82, 2.24) is 19.5 Å². The van der Waals surface area contributed by atoms with Gasteiger partial charge in [-0.3, -0.25) is 9.30 Å². The minimum Gasteiger partial charge on any atom is -0.296 e. The van der Waals surface area contributed by atoms with Crippen LogP contribution in [-0.2, 0) is 6.54 Å². The molecule has 3 rings (SSSR count). The lowest BCUT2D eigenvalue weighted by Crippen LogP contribution is -2.25. The number of halogens is 1. The summed E-state index contributed by atoms with van der Waals surface area (Å²) in [5.41, 5.74) is 0.826. The molecule has 0 atom stereocenters. The summed E-state index contributed by atoms with van der Waals surface area (Å²) in [6.07, 6.45) is 5.25. The maximum Gasteiger partial charge on any atom is 0.161 e. The van der Waals surface area contributed by atoms with E-state index in [2.05, 4.69) is 15.1 Å². The van der Waals surface area contributed by atoms with E-state index in [0.29, 0.717) is 5.15 Å². The van der Waals surface area contributed by atoms with E-state index in [1.807, 2.05) is 22.6 Å². The molecular formula is C13H17ClN4. The van der Waals surface area contributed by atoms with E-state index >= 15 is 0 Å². The van der Waals surface area contributed by atoms with Crippen LogP contribution in [0.4, 0.5) is 0 Å². The molecular weight excluding hydrogens is 248 g/mol. The van der Waals surface area contributed by atoms with Crippen molar-refractivity contribution in [3.05, 3.63) is 29.2 Å². The second kappa shape index (κ2) is 5.24. The smallest absolute Gasteiger partial charge is 0.161 e. The number of nitrogens with zero attached hydrogens (tertiary/aromatic N) is 4. The fourth-order valence-corrected chi connectivity index (χ4v) is 2.81. The zero-order valence-electron chi connectivity index (χ0n) is 10.3. The van der Waals surface area contributed by atoms with E-state index in [1.54, 1.807) is 0 Å². The molecule has 2 aromatic rings. The van der Waals surface area contributed by atoms with Crippen molar-refractivity contribution < 1.29 is 0 Å². The van der Waals surface area contributed by atoms with Gasteiger partial charge in [-0.1, -0.05) is 30.5 Å². The van der Waals surface area contributed by atoms with Crippen molar-refractivity contribution in [2.24, 2.45) is 0 Å². The largest absolute Gasteiger partial charge is 0.296 e. The average molecular weight is 265 g/mol. The maximum atomic E-state index is 6.22. The molecule has 0 bridgehead atoms. The Hall–Kier alpha value is -1.13. The first-order valence-corrected chi connectivity index (χ1v) is 6.93. The molecule has 96 valence electrons. The quantitative estimate of drug-likeness (QED) is 0.782. The standard InChI is InChI=1S/C13H17ClN4/c14-11-6-5-7-12-15-16-13(18(11)12)10-17-8-3-1-2-4-9-17/h5-7H,1-4,8-10H2. The monoisotopic (exact) mass is 264 g/mol. The van der Waals surface area contributed by atoms with Gasteiger partial charge in [-0.15, -0.1) is 10.2 Å². The molecule has 1 saturated heterocycles. The van der Waals surface area contributed by atoms with Crippen LogP contribution < -0.4 is 0 Å². The van der Waals surface area contributed by atoms with E-state index in [4.69, 9.17) is 11.6 Å². The second-order valence-corrected chi connectivity index (χ2v) is 5.24. The van der Waals surface area contributed by atoms with Gasteiger partial charge in [0.15, 0.2) is 11.5 Å². The summed E-state index contributed by atoms with van der Waals surface area (Å²) in [6, 6.07) is 5.72. The summed E-state index contributed by atoms with van der Waals surface area (Å²) < 4.78 is 1.94. The predicted octanol–water partition coefficient (Wildman–Crippen LogP) is 2.76. The first-order valence-electron chi connectivity index (χ1n) is 6.55. The van der Waals surface area contributed by atoms with Crippen molar-refractivity contribution in [1.29, 1.82) is 0 Å². The topological polar surface area (TPSA) is 33.4 Å². The Labute approximate surface area is 112 Å². The Morgan fingerprint density at radius 1 is 1.06 bits per heavy atom. The van der Waals surface area contributed by atoms with Crippen LogP contribution in [0.1, 0.15) is 31.5 Å². The van der Waals surface area contributed by atoms with Gasteiger partial charge in [-0.25, -0.2) is 0 Å². The molecule has 1 fully saturated rings. The summed E-state index contributed by atoms with van der Waals surface area (Å²) in [7, 11) is 0. The Kier molecular flexibility index (Phi) is 3.48. The maximum absolute atomic E-state index is 6.22. The Morgan fingerprint density at radius 2 is 1.83 bits per heavy atom. The van der Waals surface area contributed by atoms with Crippen molar-refractivity contribution in [3.63, 3.8) is 0 Å². The van der Waals surface area contributed by atoms with Crippen molar-refractivity contribution in [2.75, 3.05) is 13.1 Å². The highest BCUT2D eigenvalue weighted by Gasteiger charge is 2.14. The molecule has 0 aromatic carbocycles. The molecule has 1 aliphatic rings. The van der Waals surface area contributed by atoms with E-state index in [-0.39, 0.29) is 0 Å². The molecule has 4 nitrogen and oxygen atoms in total. The third-order valence-corrected chi connectivity index (χ3v) is 3.81. The number of rotatable bonds is 2. The van der Waals surface area contributed by atoms with E-state index in [0.717, 1.165) is 31.1 Å². The van der Waals surface area contributed by atoms with E-state index in [9.17, 15) is 0 Å². The van der Waals surface area contributed by atoms with Crippen LogP contribution in [0.5, 0.6) is 0 Å². The number of fused-ring (bicyclic) bond motifs is 1. The SMILES string of the molecule is Clc1cccc2nnc(CN3CCCCCC3)n12. The highest BCUT2D eigenvalue weighted by molar-refractivity contribution is 6.29. The second-order valence-electron chi connectivity index (χ2n) is 4.85. The third-order valence-electron chi connectivity index (χ3n) is 3.51. The zero-order chi connectivity index (χ0) is 12.4.